The fourth-order valence-electron chi connectivity index (χ4n) is 1.92. The van der Waals surface area contributed by atoms with Gasteiger partial charge in [0.25, 0.3) is 5.91 Å². The lowest BCUT2D eigenvalue weighted by atomic mass is 10.3. The molecule has 0 atom stereocenters. The summed E-state index contributed by atoms with van der Waals surface area (Å²) < 4.78 is 1.93. The lowest BCUT2D eigenvalue weighted by Crippen LogP contribution is -2.19. The van der Waals surface area contributed by atoms with Gasteiger partial charge in [-0.2, -0.15) is 0 Å². The Bertz CT molecular complexity index is 811. The van der Waals surface area contributed by atoms with Crippen LogP contribution in [0.3, 0.4) is 0 Å². The first kappa shape index (κ1) is 15.2. The molecule has 112 valence electrons. The number of nitrogens with one attached hydrogen (secondary N) is 1. The topological polar surface area (TPSA) is 46.4 Å². The van der Waals surface area contributed by atoms with Gasteiger partial charge in [0.1, 0.15) is 0 Å². The van der Waals surface area contributed by atoms with E-state index in [2.05, 4.69) is 10.3 Å². The van der Waals surface area contributed by atoms with E-state index in [1.54, 1.807) is 18.2 Å². The summed E-state index contributed by atoms with van der Waals surface area (Å²) in [6.07, 6.45) is 3.74. The molecule has 4 nitrogen and oxygen atoms in total. The Morgan fingerprint density at radius 3 is 2.86 bits per heavy atom. The predicted molar refractivity (Wildman–Crippen MR) is 92.7 cm³/mol. The van der Waals surface area contributed by atoms with Gasteiger partial charge in [-0.3, -0.25) is 4.79 Å². The summed E-state index contributed by atoms with van der Waals surface area (Å²) in [7, 11) is 1.92. The third kappa shape index (κ3) is 3.21. The van der Waals surface area contributed by atoms with E-state index in [1.165, 1.54) is 11.8 Å². The number of carbonyl (C=O) groups excluding carboxylic acids is 1. The van der Waals surface area contributed by atoms with E-state index in [4.69, 9.17) is 23.2 Å². The summed E-state index contributed by atoms with van der Waals surface area (Å²) >= 11 is 13.3. The second-order valence-electron chi connectivity index (χ2n) is 4.62. The molecule has 1 fully saturated rings. The van der Waals surface area contributed by atoms with Gasteiger partial charge in [0.05, 0.1) is 15.6 Å². The standard InChI is InChI=1S/C15H11Cl2N3OS/c1-20-6-2-3-10(20)8-13-14(21)19-15(22-13)18-12-7-9(16)4-5-11(12)17/h2-8H,1H3,(H,18,19,21). The minimum Gasteiger partial charge on any atom is -0.351 e. The number of rotatable bonds is 2. The van der Waals surface area contributed by atoms with Gasteiger partial charge in [0.2, 0.25) is 0 Å². The molecule has 0 bridgehead atoms. The van der Waals surface area contributed by atoms with Crippen molar-refractivity contribution in [3.05, 3.63) is 57.2 Å². The maximum Gasteiger partial charge on any atom is 0.264 e. The zero-order valence-corrected chi connectivity index (χ0v) is 13.8. The number of benzene rings is 1. The average molecular weight is 352 g/mol. The third-order valence-electron chi connectivity index (χ3n) is 3.04. The molecule has 2 heterocycles. The van der Waals surface area contributed by atoms with Crippen molar-refractivity contribution in [2.45, 2.75) is 0 Å². The minimum absolute atomic E-state index is 0.178. The maximum absolute atomic E-state index is 12.0. The highest BCUT2D eigenvalue weighted by molar-refractivity contribution is 8.18. The number of amidine groups is 1. The number of aliphatic imine (C=N–C) groups is 1. The van der Waals surface area contributed by atoms with E-state index in [-0.39, 0.29) is 5.91 Å². The van der Waals surface area contributed by atoms with Crippen molar-refractivity contribution in [3.8, 4) is 0 Å². The van der Waals surface area contributed by atoms with Gasteiger partial charge < -0.3 is 9.88 Å². The van der Waals surface area contributed by atoms with Crippen molar-refractivity contribution in [1.82, 2.24) is 9.88 Å². The second kappa shape index (κ2) is 6.20. The number of halogens is 2. The number of hydrogen-bond acceptors (Lipinski definition) is 3. The molecule has 1 aliphatic heterocycles. The Morgan fingerprint density at radius 1 is 1.32 bits per heavy atom. The monoisotopic (exact) mass is 351 g/mol. The highest BCUT2D eigenvalue weighted by Crippen LogP contribution is 2.32. The second-order valence-corrected chi connectivity index (χ2v) is 6.50. The summed E-state index contributed by atoms with van der Waals surface area (Å²) in [6.45, 7) is 0. The summed E-state index contributed by atoms with van der Waals surface area (Å²) in [6, 6.07) is 8.87. The molecule has 1 aromatic heterocycles. The van der Waals surface area contributed by atoms with Gasteiger partial charge in [0, 0.05) is 24.0 Å². The molecule has 0 saturated carbocycles. The first-order valence-corrected chi connectivity index (χ1v) is 7.96. The average Bonchev–Trinajstić information content (AvgIpc) is 3.02. The molecule has 1 aromatic carbocycles. The fourth-order valence-corrected chi connectivity index (χ4v) is 3.07. The molecule has 22 heavy (non-hydrogen) atoms. The van der Waals surface area contributed by atoms with E-state index in [0.717, 1.165) is 5.69 Å². The van der Waals surface area contributed by atoms with Gasteiger partial charge in [-0.1, -0.05) is 23.2 Å². The fraction of sp³-hybridized carbons (Fsp3) is 0.0667. The third-order valence-corrected chi connectivity index (χ3v) is 4.51. The Labute approximate surface area is 141 Å². The summed E-state index contributed by atoms with van der Waals surface area (Å²) in [4.78, 5) is 17.0. The molecule has 1 amide bonds. The van der Waals surface area contributed by atoms with Gasteiger partial charge in [-0.05, 0) is 48.2 Å². The normalized spacial score (nSPS) is 18.2. The molecule has 0 spiro atoms. The van der Waals surface area contributed by atoms with Gasteiger partial charge in [-0.25, -0.2) is 4.99 Å². The largest absolute Gasteiger partial charge is 0.351 e. The first-order valence-electron chi connectivity index (χ1n) is 6.39. The molecule has 3 rings (SSSR count). The Balaban J connectivity index is 1.88. The molecule has 1 N–H and O–H groups in total. The van der Waals surface area contributed by atoms with Crippen LogP contribution in [-0.2, 0) is 11.8 Å². The van der Waals surface area contributed by atoms with Gasteiger partial charge >= 0.3 is 0 Å². The van der Waals surface area contributed by atoms with Crippen LogP contribution in [-0.4, -0.2) is 15.6 Å². The molecular weight excluding hydrogens is 341 g/mol. The zero-order valence-electron chi connectivity index (χ0n) is 11.5. The molecule has 1 saturated heterocycles. The number of nitrogens with zero attached hydrogens (tertiary/aromatic N) is 2. The molecule has 0 aliphatic carbocycles. The van der Waals surface area contributed by atoms with Gasteiger partial charge in [-0.15, -0.1) is 0 Å². The van der Waals surface area contributed by atoms with Crippen molar-refractivity contribution in [1.29, 1.82) is 0 Å². The highest BCUT2D eigenvalue weighted by Gasteiger charge is 2.24. The van der Waals surface area contributed by atoms with E-state index in [9.17, 15) is 4.79 Å². The predicted octanol–water partition coefficient (Wildman–Crippen LogP) is 4.22. The van der Waals surface area contributed by atoms with Crippen molar-refractivity contribution < 1.29 is 4.79 Å². The molecule has 1 aliphatic rings. The van der Waals surface area contributed by atoms with Crippen molar-refractivity contribution in [2.24, 2.45) is 12.0 Å². The smallest absolute Gasteiger partial charge is 0.264 e. The number of amides is 1. The van der Waals surface area contributed by atoms with Crippen LogP contribution in [0.25, 0.3) is 6.08 Å². The van der Waals surface area contributed by atoms with Gasteiger partial charge in [0.15, 0.2) is 5.17 Å². The number of aromatic nitrogens is 1. The van der Waals surface area contributed by atoms with E-state index in [0.29, 0.717) is 25.8 Å². The van der Waals surface area contributed by atoms with Crippen molar-refractivity contribution in [2.75, 3.05) is 0 Å². The molecule has 0 unspecified atom stereocenters. The molecule has 2 aromatic rings. The number of carbonyl (C=O) groups is 1. The SMILES string of the molecule is Cn1cccc1C=C1SC(=Nc2cc(Cl)ccc2Cl)NC1=O. The lowest BCUT2D eigenvalue weighted by molar-refractivity contribution is -0.115. The molecular formula is C15H11Cl2N3OS. The van der Waals surface area contributed by atoms with Crippen LogP contribution in [0, 0.1) is 0 Å². The van der Waals surface area contributed by atoms with Crippen LogP contribution < -0.4 is 5.32 Å². The van der Waals surface area contributed by atoms with Crippen LogP contribution >= 0.6 is 35.0 Å². The van der Waals surface area contributed by atoms with Crippen LogP contribution in [0.5, 0.6) is 0 Å². The van der Waals surface area contributed by atoms with Crippen molar-refractivity contribution in [3.63, 3.8) is 0 Å². The van der Waals surface area contributed by atoms with E-state index >= 15 is 0 Å². The number of hydrogen-bond donors (Lipinski definition) is 1. The Hall–Kier alpha value is -1.69. The number of aryl methyl sites for hydroxylation is 1. The first-order chi connectivity index (χ1) is 10.5. The zero-order chi connectivity index (χ0) is 15.7. The summed E-state index contributed by atoms with van der Waals surface area (Å²) in [5, 5.41) is 4.22. The summed E-state index contributed by atoms with van der Waals surface area (Å²) in [5.74, 6) is -0.178. The van der Waals surface area contributed by atoms with Crippen LogP contribution in [0.4, 0.5) is 5.69 Å². The molecule has 0 radical (unpaired) electrons. The van der Waals surface area contributed by atoms with E-state index < -0.39 is 0 Å². The Kier molecular flexibility index (Phi) is 4.29. The van der Waals surface area contributed by atoms with Crippen LogP contribution in [0.1, 0.15) is 5.69 Å². The minimum atomic E-state index is -0.178. The highest BCUT2D eigenvalue weighted by atomic mass is 35.5. The Morgan fingerprint density at radius 2 is 2.14 bits per heavy atom. The summed E-state index contributed by atoms with van der Waals surface area (Å²) in [5.41, 5.74) is 1.47. The number of thioether (sulfide) groups is 1. The van der Waals surface area contributed by atoms with Crippen molar-refractivity contribution >= 4 is 57.8 Å². The molecule has 7 heteroatoms. The van der Waals surface area contributed by atoms with Crippen LogP contribution in [0.15, 0.2) is 46.4 Å². The van der Waals surface area contributed by atoms with Crippen LogP contribution in [0.2, 0.25) is 10.0 Å². The lowest BCUT2D eigenvalue weighted by Gasteiger charge is -2.00. The maximum atomic E-state index is 12.0. The quantitative estimate of drug-likeness (QED) is 0.823. The van der Waals surface area contributed by atoms with E-state index in [1.807, 2.05) is 36.0 Å².